The van der Waals surface area contributed by atoms with Gasteiger partial charge in [-0.2, -0.15) is 0 Å². The Morgan fingerprint density at radius 2 is 1.81 bits per heavy atom. The van der Waals surface area contributed by atoms with E-state index in [0.29, 0.717) is 6.04 Å². The number of likely N-dealkylation sites (tertiary alicyclic amines) is 2. The maximum Gasteiger partial charge on any atom is 0.410 e. The second kappa shape index (κ2) is 9.95. The lowest BCUT2D eigenvalue weighted by Gasteiger charge is -2.45. The predicted molar refractivity (Wildman–Crippen MR) is 126 cm³/mol. The van der Waals surface area contributed by atoms with Crippen molar-refractivity contribution in [1.82, 2.24) is 9.80 Å². The summed E-state index contributed by atoms with van der Waals surface area (Å²) in [6.45, 7) is 8.32. The lowest BCUT2D eigenvalue weighted by Crippen LogP contribution is -2.52. The van der Waals surface area contributed by atoms with Gasteiger partial charge in [0.25, 0.3) is 0 Å². The van der Waals surface area contributed by atoms with E-state index in [1.165, 1.54) is 5.56 Å². The number of anilines is 1. The zero-order valence-corrected chi connectivity index (χ0v) is 19.4. The Kier molecular flexibility index (Phi) is 7.05. The molecule has 0 N–H and O–H groups in total. The van der Waals surface area contributed by atoms with Crippen LogP contribution in [0.25, 0.3) is 0 Å². The first-order valence-electron chi connectivity index (χ1n) is 12.0. The monoisotopic (exact) mass is 437 g/mol. The fourth-order valence-electron chi connectivity index (χ4n) is 5.52. The number of rotatable bonds is 3. The molecule has 6 nitrogen and oxygen atoms in total. The van der Waals surface area contributed by atoms with Gasteiger partial charge in [0, 0.05) is 50.1 Å². The van der Waals surface area contributed by atoms with E-state index in [2.05, 4.69) is 41.9 Å². The van der Waals surface area contributed by atoms with Crippen molar-refractivity contribution in [3.8, 4) is 11.8 Å². The molecular weight excluding hydrogens is 402 g/mol. The lowest BCUT2D eigenvalue weighted by atomic mass is 9.74. The summed E-state index contributed by atoms with van der Waals surface area (Å²) in [6.07, 6.45) is 5.75. The molecule has 0 bridgehead atoms. The quantitative estimate of drug-likeness (QED) is 0.675. The van der Waals surface area contributed by atoms with Crippen LogP contribution < -0.4 is 4.90 Å². The number of ether oxygens (including phenoxy) is 1. The first-order valence-corrected chi connectivity index (χ1v) is 12.0. The SMILES string of the molecule is CCCC#CCOC(=O)N1CCC(N2CCC3(CC2)CN(C(C)=O)c2ccccc23)CC1. The Morgan fingerprint density at radius 3 is 2.50 bits per heavy atom. The second-order valence-electron chi connectivity index (χ2n) is 9.31. The van der Waals surface area contributed by atoms with E-state index in [0.717, 1.165) is 76.9 Å². The third-order valence-electron chi connectivity index (χ3n) is 7.37. The number of nitrogens with zero attached hydrogens (tertiary/aromatic N) is 3. The Hall–Kier alpha value is -2.52. The van der Waals surface area contributed by atoms with Crippen molar-refractivity contribution in [2.75, 3.05) is 44.2 Å². The summed E-state index contributed by atoms with van der Waals surface area (Å²) in [7, 11) is 0. The minimum absolute atomic E-state index is 0.0854. The fraction of sp³-hybridized carbons (Fsp3) is 0.615. The molecule has 1 aromatic rings. The maximum atomic E-state index is 12.3. The predicted octanol–water partition coefficient (Wildman–Crippen LogP) is 3.79. The van der Waals surface area contributed by atoms with Crippen LogP contribution in [0.15, 0.2) is 24.3 Å². The van der Waals surface area contributed by atoms with Gasteiger partial charge < -0.3 is 19.4 Å². The van der Waals surface area contributed by atoms with Crippen LogP contribution in [0.5, 0.6) is 0 Å². The van der Waals surface area contributed by atoms with Gasteiger partial charge in [0.15, 0.2) is 6.61 Å². The van der Waals surface area contributed by atoms with Gasteiger partial charge in [0.1, 0.15) is 0 Å². The van der Waals surface area contributed by atoms with Crippen LogP contribution in [0.2, 0.25) is 0 Å². The molecule has 32 heavy (non-hydrogen) atoms. The van der Waals surface area contributed by atoms with Crippen LogP contribution in [-0.4, -0.2) is 67.2 Å². The smallest absolute Gasteiger partial charge is 0.410 e. The van der Waals surface area contributed by atoms with Gasteiger partial charge in [-0.1, -0.05) is 37.0 Å². The number of amides is 2. The number of carbonyl (C=O) groups excluding carboxylic acids is 2. The molecule has 0 aromatic heterocycles. The molecule has 3 aliphatic rings. The summed E-state index contributed by atoms with van der Waals surface area (Å²) in [5.74, 6) is 6.04. The summed E-state index contributed by atoms with van der Waals surface area (Å²) in [5, 5.41) is 0. The van der Waals surface area contributed by atoms with Gasteiger partial charge in [-0.25, -0.2) is 4.79 Å². The molecule has 4 rings (SSSR count). The highest BCUT2D eigenvalue weighted by Crippen LogP contribution is 2.47. The van der Waals surface area contributed by atoms with E-state index in [-0.39, 0.29) is 24.0 Å². The summed E-state index contributed by atoms with van der Waals surface area (Å²) in [5.41, 5.74) is 2.52. The normalized spacial score (nSPS) is 20.6. The molecule has 6 heteroatoms. The molecule has 0 saturated carbocycles. The number of carbonyl (C=O) groups is 2. The molecule has 1 spiro atoms. The van der Waals surface area contributed by atoms with Gasteiger partial charge in [-0.05, 0) is 56.8 Å². The molecule has 0 aliphatic carbocycles. The summed E-state index contributed by atoms with van der Waals surface area (Å²) < 4.78 is 5.30. The van der Waals surface area contributed by atoms with Crippen LogP contribution >= 0.6 is 0 Å². The topological polar surface area (TPSA) is 53.1 Å². The molecule has 1 aromatic carbocycles. The average Bonchev–Trinajstić information content (AvgIpc) is 3.14. The molecule has 2 fully saturated rings. The number of fused-ring (bicyclic) bond motifs is 2. The molecule has 3 heterocycles. The van der Waals surface area contributed by atoms with Gasteiger partial charge in [-0.3, -0.25) is 4.79 Å². The number of para-hydroxylation sites is 1. The molecule has 0 radical (unpaired) electrons. The van der Waals surface area contributed by atoms with Crippen molar-refractivity contribution in [3.05, 3.63) is 29.8 Å². The Balaban J connectivity index is 1.28. The van der Waals surface area contributed by atoms with Gasteiger partial charge in [0.2, 0.25) is 5.91 Å². The van der Waals surface area contributed by atoms with Crippen molar-refractivity contribution < 1.29 is 14.3 Å². The molecule has 0 atom stereocenters. The second-order valence-corrected chi connectivity index (χ2v) is 9.31. The highest BCUT2D eigenvalue weighted by molar-refractivity contribution is 5.94. The van der Waals surface area contributed by atoms with Crippen LogP contribution in [0.1, 0.15) is 57.9 Å². The third kappa shape index (κ3) is 4.63. The first kappa shape index (κ1) is 22.7. The Morgan fingerprint density at radius 1 is 1.09 bits per heavy atom. The molecule has 3 aliphatic heterocycles. The summed E-state index contributed by atoms with van der Waals surface area (Å²) >= 11 is 0. The Bertz CT molecular complexity index is 887. The Labute approximate surface area is 191 Å². The van der Waals surface area contributed by atoms with E-state index in [1.54, 1.807) is 6.92 Å². The molecule has 2 amide bonds. The minimum atomic E-state index is -0.237. The van der Waals surface area contributed by atoms with Crippen LogP contribution in [0, 0.1) is 11.8 Å². The van der Waals surface area contributed by atoms with Crippen molar-refractivity contribution in [2.24, 2.45) is 0 Å². The number of piperidine rings is 2. The van der Waals surface area contributed by atoms with Crippen molar-refractivity contribution in [3.63, 3.8) is 0 Å². The molecular formula is C26H35N3O3. The summed E-state index contributed by atoms with van der Waals surface area (Å²) in [6, 6.07) is 8.94. The number of benzene rings is 1. The average molecular weight is 438 g/mol. The molecule has 172 valence electrons. The van der Waals surface area contributed by atoms with E-state index in [9.17, 15) is 9.59 Å². The third-order valence-corrected chi connectivity index (χ3v) is 7.37. The largest absolute Gasteiger partial charge is 0.436 e. The van der Waals surface area contributed by atoms with E-state index >= 15 is 0 Å². The molecule has 0 unspecified atom stereocenters. The van der Waals surface area contributed by atoms with Gasteiger partial charge in [0.05, 0.1) is 0 Å². The zero-order chi connectivity index (χ0) is 22.6. The first-order chi connectivity index (χ1) is 15.5. The minimum Gasteiger partial charge on any atom is -0.436 e. The number of unbranched alkanes of at least 4 members (excludes halogenated alkanes) is 1. The molecule has 2 saturated heterocycles. The highest BCUT2D eigenvalue weighted by Gasteiger charge is 2.46. The van der Waals surface area contributed by atoms with E-state index in [1.807, 2.05) is 15.9 Å². The van der Waals surface area contributed by atoms with Gasteiger partial charge >= 0.3 is 6.09 Å². The number of hydrogen-bond donors (Lipinski definition) is 0. The standard InChI is InChI=1S/C26H35N3O3/c1-3-4-5-8-19-32-25(31)28-15-11-22(12-16-28)27-17-13-26(14-18-27)20-29(21(2)30)24-10-7-6-9-23(24)26/h6-7,9-10,22H,3-4,11-20H2,1-2H3. The zero-order valence-electron chi connectivity index (χ0n) is 19.4. The highest BCUT2D eigenvalue weighted by atomic mass is 16.6. The van der Waals surface area contributed by atoms with Crippen LogP contribution in [-0.2, 0) is 14.9 Å². The summed E-state index contributed by atoms with van der Waals surface area (Å²) in [4.78, 5) is 30.9. The van der Waals surface area contributed by atoms with Crippen molar-refractivity contribution >= 4 is 17.7 Å². The van der Waals surface area contributed by atoms with Crippen LogP contribution in [0.3, 0.4) is 0 Å². The van der Waals surface area contributed by atoms with Gasteiger partial charge in [-0.15, -0.1) is 0 Å². The maximum absolute atomic E-state index is 12.3. The lowest BCUT2D eigenvalue weighted by molar-refractivity contribution is -0.116. The fourth-order valence-corrected chi connectivity index (χ4v) is 5.52. The number of hydrogen-bond acceptors (Lipinski definition) is 4. The van der Waals surface area contributed by atoms with Crippen LogP contribution in [0.4, 0.5) is 10.5 Å². The van der Waals surface area contributed by atoms with E-state index < -0.39 is 0 Å². The van der Waals surface area contributed by atoms with E-state index in [4.69, 9.17) is 4.74 Å². The van der Waals surface area contributed by atoms with Crippen molar-refractivity contribution in [1.29, 1.82) is 0 Å². The van der Waals surface area contributed by atoms with Crippen molar-refractivity contribution in [2.45, 2.75) is 63.8 Å².